The molecule has 3 N–H and O–H groups in total. The molecule has 1 atom stereocenters. The Morgan fingerprint density at radius 3 is 2.68 bits per heavy atom. The van der Waals surface area contributed by atoms with Gasteiger partial charge in [-0.05, 0) is 12.8 Å². The van der Waals surface area contributed by atoms with Crippen molar-refractivity contribution in [2.24, 2.45) is 11.1 Å². The molecule has 2 fully saturated rings. The summed E-state index contributed by atoms with van der Waals surface area (Å²) in [6.07, 6.45) is 3.75. The fourth-order valence-electron chi connectivity index (χ4n) is 3.09. The molecule has 1 saturated carbocycles. The van der Waals surface area contributed by atoms with Crippen molar-refractivity contribution in [3.63, 3.8) is 0 Å². The highest BCUT2D eigenvalue weighted by molar-refractivity contribution is 5.90. The monoisotopic (exact) mass is 269 g/mol. The molecule has 1 aliphatic carbocycles. The molecule has 1 aliphatic heterocycles. The number of carbonyl (C=O) groups is 2. The Morgan fingerprint density at radius 2 is 2.11 bits per heavy atom. The Hall–Kier alpha value is -1.14. The second kappa shape index (κ2) is 5.88. The number of morpholine rings is 1. The smallest absolute Gasteiger partial charge is 0.244 e. The van der Waals surface area contributed by atoms with Crippen LogP contribution in [0.1, 0.15) is 25.7 Å². The number of ether oxygens (including phenoxy) is 1. The van der Waals surface area contributed by atoms with Crippen LogP contribution in [0.2, 0.25) is 0 Å². The summed E-state index contributed by atoms with van der Waals surface area (Å²) in [6.45, 7) is 1.59. The van der Waals surface area contributed by atoms with Gasteiger partial charge in [-0.1, -0.05) is 12.8 Å². The number of nitrogens with two attached hydrogens (primary N) is 1. The largest absolute Gasteiger partial charge is 0.377 e. The van der Waals surface area contributed by atoms with Gasteiger partial charge in [0.05, 0.1) is 18.6 Å². The van der Waals surface area contributed by atoms with Crippen LogP contribution in [0, 0.1) is 5.41 Å². The van der Waals surface area contributed by atoms with Crippen LogP contribution in [-0.4, -0.2) is 56.1 Å². The maximum absolute atomic E-state index is 12.8. The van der Waals surface area contributed by atoms with Gasteiger partial charge in [0.25, 0.3) is 0 Å². The third-order valence-electron chi connectivity index (χ3n) is 4.34. The molecule has 2 aliphatic rings. The van der Waals surface area contributed by atoms with Gasteiger partial charge in [-0.3, -0.25) is 9.59 Å². The number of hydrogen-bond acceptors (Lipinski definition) is 4. The van der Waals surface area contributed by atoms with Crippen LogP contribution >= 0.6 is 0 Å². The van der Waals surface area contributed by atoms with Crippen molar-refractivity contribution in [1.82, 2.24) is 10.2 Å². The van der Waals surface area contributed by atoms with E-state index in [9.17, 15) is 9.59 Å². The second-order valence-electron chi connectivity index (χ2n) is 5.40. The summed E-state index contributed by atoms with van der Waals surface area (Å²) >= 11 is 0. The predicted molar refractivity (Wildman–Crippen MR) is 70.3 cm³/mol. The second-order valence-corrected chi connectivity index (χ2v) is 5.40. The van der Waals surface area contributed by atoms with Gasteiger partial charge in [-0.2, -0.15) is 0 Å². The molecule has 0 aromatic heterocycles. The minimum atomic E-state index is -0.518. The first kappa shape index (κ1) is 14.3. The van der Waals surface area contributed by atoms with E-state index in [1.807, 2.05) is 0 Å². The molecule has 2 amide bonds. The lowest BCUT2D eigenvalue weighted by atomic mass is 9.84. The standard InChI is InChI=1S/C13H23N3O3/c1-15-11(17)10-8-19-7-6-16(10)12(18)13(9-14)4-2-3-5-13/h10H,2-9,14H2,1H3,(H,15,17). The van der Waals surface area contributed by atoms with Crippen LogP contribution < -0.4 is 11.1 Å². The minimum Gasteiger partial charge on any atom is -0.377 e. The van der Waals surface area contributed by atoms with Crippen LogP contribution in [0.15, 0.2) is 0 Å². The van der Waals surface area contributed by atoms with Crippen molar-refractivity contribution in [2.75, 3.05) is 33.4 Å². The van der Waals surface area contributed by atoms with E-state index in [1.165, 1.54) is 0 Å². The third-order valence-corrected chi connectivity index (χ3v) is 4.34. The van der Waals surface area contributed by atoms with E-state index in [2.05, 4.69) is 5.32 Å². The number of carbonyl (C=O) groups excluding carboxylic acids is 2. The summed E-state index contributed by atoms with van der Waals surface area (Å²) in [5.41, 5.74) is 5.40. The first-order chi connectivity index (χ1) is 9.14. The average Bonchev–Trinajstić information content (AvgIpc) is 2.95. The molecule has 6 heteroatoms. The van der Waals surface area contributed by atoms with Gasteiger partial charge in [0.15, 0.2) is 0 Å². The van der Waals surface area contributed by atoms with Crippen molar-refractivity contribution in [2.45, 2.75) is 31.7 Å². The minimum absolute atomic E-state index is 0.0319. The van der Waals surface area contributed by atoms with Crippen LogP contribution in [0.25, 0.3) is 0 Å². The summed E-state index contributed by atoms with van der Waals surface area (Å²) in [7, 11) is 1.58. The highest BCUT2D eigenvalue weighted by Gasteiger charge is 2.45. The molecule has 1 heterocycles. The molecule has 0 aromatic carbocycles. The summed E-state index contributed by atoms with van der Waals surface area (Å²) in [5.74, 6) is -0.136. The quantitative estimate of drug-likeness (QED) is 0.722. The van der Waals surface area contributed by atoms with Crippen LogP contribution in [-0.2, 0) is 14.3 Å². The Bertz CT molecular complexity index is 353. The molecule has 0 bridgehead atoms. The molecular formula is C13H23N3O3. The first-order valence-electron chi connectivity index (χ1n) is 6.95. The summed E-state index contributed by atoms with van der Waals surface area (Å²) in [6, 6.07) is -0.518. The molecule has 19 heavy (non-hydrogen) atoms. The molecule has 108 valence electrons. The van der Waals surface area contributed by atoms with Crippen molar-refractivity contribution >= 4 is 11.8 Å². The molecule has 6 nitrogen and oxygen atoms in total. The number of nitrogens with one attached hydrogen (secondary N) is 1. The summed E-state index contributed by atoms with van der Waals surface area (Å²) in [4.78, 5) is 26.3. The number of rotatable bonds is 3. The van der Waals surface area contributed by atoms with Crippen molar-refractivity contribution < 1.29 is 14.3 Å². The third kappa shape index (κ3) is 2.60. The van der Waals surface area contributed by atoms with Crippen LogP contribution in [0.5, 0.6) is 0 Å². The maximum Gasteiger partial charge on any atom is 0.244 e. The Morgan fingerprint density at radius 1 is 1.42 bits per heavy atom. The van der Waals surface area contributed by atoms with Gasteiger partial charge in [-0.25, -0.2) is 0 Å². The van der Waals surface area contributed by atoms with Gasteiger partial charge in [0.1, 0.15) is 6.04 Å². The fraction of sp³-hybridized carbons (Fsp3) is 0.846. The van der Waals surface area contributed by atoms with Crippen molar-refractivity contribution in [3.05, 3.63) is 0 Å². The Kier molecular flexibility index (Phi) is 4.42. The Labute approximate surface area is 113 Å². The zero-order valence-electron chi connectivity index (χ0n) is 11.5. The molecule has 0 spiro atoms. The lowest BCUT2D eigenvalue weighted by molar-refractivity contribution is -0.156. The normalized spacial score (nSPS) is 26.2. The van der Waals surface area contributed by atoms with E-state index in [-0.39, 0.29) is 18.4 Å². The van der Waals surface area contributed by atoms with E-state index in [0.29, 0.717) is 19.7 Å². The van der Waals surface area contributed by atoms with Crippen LogP contribution in [0.4, 0.5) is 0 Å². The molecule has 1 saturated heterocycles. The predicted octanol–water partition coefficient (Wildman–Crippen LogP) is -0.521. The van der Waals surface area contributed by atoms with E-state index in [0.717, 1.165) is 25.7 Å². The maximum atomic E-state index is 12.8. The lowest BCUT2D eigenvalue weighted by Crippen LogP contribution is -2.59. The number of hydrogen-bond donors (Lipinski definition) is 2. The zero-order chi connectivity index (χ0) is 13.9. The summed E-state index contributed by atoms with van der Waals surface area (Å²) < 4.78 is 5.33. The fourth-order valence-corrected chi connectivity index (χ4v) is 3.09. The van der Waals surface area contributed by atoms with E-state index >= 15 is 0 Å². The molecular weight excluding hydrogens is 246 g/mol. The van der Waals surface area contributed by atoms with Gasteiger partial charge in [-0.15, -0.1) is 0 Å². The molecule has 0 aromatic rings. The van der Waals surface area contributed by atoms with Gasteiger partial charge in [0, 0.05) is 20.1 Å². The number of amides is 2. The van der Waals surface area contributed by atoms with Gasteiger partial charge in [0.2, 0.25) is 11.8 Å². The van der Waals surface area contributed by atoms with Gasteiger partial charge >= 0.3 is 0 Å². The van der Waals surface area contributed by atoms with Gasteiger partial charge < -0.3 is 20.7 Å². The highest BCUT2D eigenvalue weighted by atomic mass is 16.5. The highest BCUT2D eigenvalue weighted by Crippen LogP contribution is 2.39. The van der Waals surface area contributed by atoms with E-state index in [1.54, 1.807) is 11.9 Å². The topological polar surface area (TPSA) is 84.7 Å². The number of nitrogens with zero attached hydrogens (tertiary/aromatic N) is 1. The van der Waals surface area contributed by atoms with E-state index < -0.39 is 11.5 Å². The molecule has 1 unspecified atom stereocenters. The number of likely N-dealkylation sites (N-methyl/N-ethyl adjacent to an activating group) is 1. The first-order valence-corrected chi connectivity index (χ1v) is 6.95. The van der Waals surface area contributed by atoms with Crippen LogP contribution in [0.3, 0.4) is 0 Å². The molecule has 2 rings (SSSR count). The SMILES string of the molecule is CNC(=O)C1COCCN1C(=O)C1(CN)CCCC1. The summed E-state index contributed by atoms with van der Waals surface area (Å²) in [5, 5.41) is 2.60. The van der Waals surface area contributed by atoms with Crippen molar-refractivity contribution in [1.29, 1.82) is 0 Å². The average molecular weight is 269 g/mol. The van der Waals surface area contributed by atoms with Crippen molar-refractivity contribution in [3.8, 4) is 0 Å². The Balaban J connectivity index is 2.17. The lowest BCUT2D eigenvalue weighted by Gasteiger charge is -2.40. The molecule has 0 radical (unpaired) electrons. The zero-order valence-corrected chi connectivity index (χ0v) is 11.5. The van der Waals surface area contributed by atoms with E-state index in [4.69, 9.17) is 10.5 Å².